The number of piperidine rings is 1. The van der Waals surface area contributed by atoms with Crippen LogP contribution in [0.25, 0.3) is 10.6 Å². The van der Waals surface area contributed by atoms with Crippen LogP contribution >= 0.6 is 22.7 Å². The van der Waals surface area contributed by atoms with Crippen LogP contribution in [0.5, 0.6) is 0 Å². The monoisotopic (exact) mass is 586 g/mol. The minimum absolute atomic E-state index is 0.0411. The average molecular weight is 587 g/mol. The second-order valence-electron chi connectivity index (χ2n) is 10.8. The number of carbonyl (C=O) groups is 2. The van der Waals surface area contributed by atoms with Crippen molar-refractivity contribution in [1.29, 1.82) is 0 Å². The Labute approximate surface area is 245 Å². The van der Waals surface area contributed by atoms with Crippen LogP contribution in [0, 0.1) is 13.8 Å². The van der Waals surface area contributed by atoms with E-state index in [1.54, 1.807) is 17.5 Å². The zero-order chi connectivity index (χ0) is 29.4. The van der Waals surface area contributed by atoms with E-state index in [1.165, 1.54) is 24.2 Å². The zero-order valence-electron chi connectivity index (χ0n) is 24.8. The molecule has 5 rings (SSSR count). The summed E-state index contributed by atoms with van der Waals surface area (Å²) in [4.78, 5) is 39.4. The molecule has 40 heavy (non-hydrogen) atoms. The molecule has 0 aromatic carbocycles. The van der Waals surface area contributed by atoms with Crippen molar-refractivity contribution in [1.82, 2.24) is 25.2 Å². The maximum atomic E-state index is 12.7. The van der Waals surface area contributed by atoms with Gasteiger partial charge in [-0.15, -0.1) is 22.7 Å². The Bertz CT molecular complexity index is 1240. The molecular formula is C29H42N6O3S2. The molecule has 9 nitrogen and oxygen atoms in total. The largest absolute Gasteiger partial charge is 0.462 e. The molecule has 0 saturated carbocycles. The maximum absolute atomic E-state index is 12.7. The van der Waals surface area contributed by atoms with Gasteiger partial charge in [-0.05, 0) is 79.5 Å². The topological polar surface area (TPSA) is 109 Å². The van der Waals surface area contributed by atoms with Crippen molar-refractivity contribution >= 4 is 46.0 Å². The van der Waals surface area contributed by atoms with Crippen molar-refractivity contribution in [2.75, 3.05) is 12.4 Å². The molecule has 2 aliphatic heterocycles. The highest BCUT2D eigenvalue weighted by Crippen LogP contribution is 2.35. The molecule has 3 aromatic heterocycles. The van der Waals surface area contributed by atoms with Crippen molar-refractivity contribution < 1.29 is 14.3 Å². The Morgan fingerprint density at radius 3 is 2.30 bits per heavy atom. The number of hydrogen-bond acceptors (Lipinski definition) is 10. The molecule has 0 aliphatic carbocycles. The molecule has 2 N–H and O–H groups in total. The summed E-state index contributed by atoms with van der Waals surface area (Å²) in [5, 5.41) is 10.3. The number of amides is 1. The Kier molecular flexibility index (Phi) is 11.2. The molecular weight excluding hydrogens is 544 g/mol. The van der Waals surface area contributed by atoms with Crippen molar-refractivity contribution in [2.45, 2.75) is 97.9 Å². The third-order valence-corrected chi connectivity index (χ3v) is 8.59. The van der Waals surface area contributed by atoms with E-state index in [2.05, 4.69) is 42.3 Å². The van der Waals surface area contributed by atoms with E-state index in [-0.39, 0.29) is 17.6 Å². The fraction of sp³-hybridized carbons (Fsp3) is 0.552. The van der Waals surface area contributed by atoms with Crippen LogP contribution in [-0.2, 0) is 9.53 Å². The van der Waals surface area contributed by atoms with Crippen LogP contribution in [0.3, 0.4) is 0 Å². The van der Waals surface area contributed by atoms with Crippen LogP contribution in [0.15, 0.2) is 23.7 Å². The number of fused-ring (bicyclic) bond motifs is 2. The molecule has 218 valence electrons. The number of nitrogens with zero attached hydrogens (tertiary/aromatic N) is 4. The first-order chi connectivity index (χ1) is 19.0. The highest BCUT2D eigenvalue weighted by atomic mass is 32.1. The quantitative estimate of drug-likeness (QED) is 0.321. The van der Waals surface area contributed by atoms with Gasteiger partial charge in [-0.1, -0.05) is 13.8 Å². The first-order valence-corrected chi connectivity index (χ1v) is 15.5. The number of nitrogens with one attached hydrogen (secondary N) is 2. The smallest absolute Gasteiger partial charge is 0.293 e. The Morgan fingerprint density at radius 2 is 1.80 bits per heavy atom. The average Bonchev–Trinajstić information content (AvgIpc) is 3.55. The van der Waals surface area contributed by atoms with Gasteiger partial charge in [0.1, 0.15) is 11.4 Å². The number of pyridine rings is 1. The van der Waals surface area contributed by atoms with Gasteiger partial charge in [0.2, 0.25) is 0 Å². The molecule has 5 heterocycles. The van der Waals surface area contributed by atoms with Gasteiger partial charge in [0.05, 0.1) is 26.8 Å². The standard InChI is InChI=1S/C22H26N6OS2.C5H10O2.C2H6/c1-12-20(31-13(2)24-12)18-11-30-22(26-18)27-19-7-4-14(10-23-19)21(29)25-15-8-16-5-6-17(9-15)28(16)3;1-5(2,3)7-4-6;1-2/h4,7,10-11,15-17H,5-6,8-9H2,1-3H3,(H,25,29)(H,23,26,27);4H,1-3H3;1-2H3/t15?,16-,17+;;. The summed E-state index contributed by atoms with van der Waals surface area (Å²) in [5.41, 5.74) is 2.21. The van der Waals surface area contributed by atoms with E-state index in [0.29, 0.717) is 29.9 Å². The number of carbonyl (C=O) groups excluding carboxylic acids is 2. The molecule has 11 heteroatoms. The predicted molar refractivity (Wildman–Crippen MR) is 164 cm³/mol. The predicted octanol–water partition coefficient (Wildman–Crippen LogP) is 6.36. The SMILES string of the molecule is CC.CC(C)(C)OC=O.Cc1nc(C)c(-c2csc(Nc3ccc(C(=O)NC4C[C@H]5CC[C@@H](C4)N5C)cn3)n2)s1. The summed E-state index contributed by atoms with van der Waals surface area (Å²) in [6.45, 7) is 13.9. The van der Waals surface area contributed by atoms with E-state index < -0.39 is 0 Å². The van der Waals surface area contributed by atoms with E-state index >= 15 is 0 Å². The summed E-state index contributed by atoms with van der Waals surface area (Å²) in [6.07, 6.45) is 6.20. The van der Waals surface area contributed by atoms with Gasteiger partial charge in [-0.25, -0.2) is 15.0 Å². The minimum Gasteiger partial charge on any atom is -0.462 e. The fourth-order valence-electron chi connectivity index (χ4n) is 4.86. The number of hydrogen-bond donors (Lipinski definition) is 2. The highest BCUT2D eigenvalue weighted by Gasteiger charge is 2.38. The lowest BCUT2D eigenvalue weighted by atomic mass is 9.98. The second-order valence-corrected chi connectivity index (χ2v) is 12.8. The normalized spacial score (nSPS) is 19.9. The number of ether oxygens (including phenoxy) is 1. The fourth-order valence-corrected chi connectivity index (χ4v) is 6.52. The van der Waals surface area contributed by atoms with Crippen LogP contribution in [0.2, 0.25) is 0 Å². The van der Waals surface area contributed by atoms with Gasteiger partial charge < -0.3 is 20.3 Å². The van der Waals surface area contributed by atoms with Gasteiger partial charge in [0, 0.05) is 29.7 Å². The molecule has 3 atom stereocenters. The van der Waals surface area contributed by atoms with E-state index in [4.69, 9.17) is 0 Å². The lowest BCUT2D eigenvalue weighted by molar-refractivity contribution is -0.138. The summed E-state index contributed by atoms with van der Waals surface area (Å²) in [5.74, 6) is 0.632. The summed E-state index contributed by atoms with van der Waals surface area (Å²) in [6, 6.07) is 5.12. The van der Waals surface area contributed by atoms with Crippen molar-refractivity contribution in [3.8, 4) is 10.6 Å². The maximum Gasteiger partial charge on any atom is 0.293 e. The van der Waals surface area contributed by atoms with Crippen LogP contribution in [0.4, 0.5) is 10.9 Å². The molecule has 1 unspecified atom stereocenters. The summed E-state index contributed by atoms with van der Waals surface area (Å²) in [7, 11) is 2.21. The van der Waals surface area contributed by atoms with E-state index in [1.807, 2.05) is 66.0 Å². The Morgan fingerprint density at radius 1 is 1.12 bits per heavy atom. The van der Waals surface area contributed by atoms with Crippen LogP contribution in [0.1, 0.15) is 81.4 Å². The van der Waals surface area contributed by atoms with E-state index in [0.717, 1.165) is 39.2 Å². The first kappa shape index (κ1) is 31.6. The molecule has 2 saturated heterocycles. The number of anilines is 2. The molecule has 2 fully saturated rings. The first-order valence-electron chi connectivity index (χ1n) is 13.8. The van der Waals surface area contributed by atoms with Crippen LogP contribution < -0.4 is 10.6 Å². The molecule has 2 aliphatic rings. The molecule has 2 bridgehead atoms. The van der Waals surface area contributed by atoms with Gasteiger partial charge >= 0.3 is 0 Å². The zero-order valence-corrected chi connectivity index (χ0v) is 26.4. The number of aromatic nitrogens is 3. The van der Waals surface area contributed by atoms with E-state index in [9.17, 15) is 9.59 Å². The summed E-state index contributed by atoms with van der Waals surface area (Å²) >= 11 is 3.18. The Balaban J connectivity index is 0.000000430. The lowest BCUT2D eigenvalue weighted by Crippen LogP contribution is -2.48. The molecule has 1 amide bonds. The lowest BCUT2D eigenvalue weighted by Gasteiger charge is -2.36. The Hall–Kier alpha value is -2.89. The van der Waals surface area contributed by atoms with Gasteiger partial charge in [0.25, 0.3) is 12.4 Å². The highest BCUT2D eigenvalue weighted by molar-refractivity contribution is 7.16. The number of thiazole rings is 2. The second kappa shape index (κ2) is 14.1. The number of rotatable bonds is 6. The van der Waals surface area contributed by atoms with Gasteiger partial charge in [-0.2, -0.15) is 0 Å². The molecule has 0 spiro atoms. The van der Waals surface area contributed by atoms with Crippen LogP contribution in [-0.4, -0.2) is 63.0 Å². The van der Waals surface area contributed by atoms with Crippen molar-refractivity contribution in [3.63, 3.8) is 0 Å². The molecule has 3 aromatic rings. The van der Waals surface area contributed by atoms with Gasteiger partial charge in [-0.3, -0.25) is 9.59 Å². The minimum atomic E-state index is -0.318. The third kappa shape index (κ3) is 8.55. The van der Waals surface area contributed by atoms with Crippen molar-refractivity contribution in [2.24, 2.45) is 0 Å². The molecule has 0 radical (unpaired) electrons. The summed E-state index contributed by atoms with van der Waals surface area (Å²) < 4.78 is 4.55. The number of aryl methyl sites for hydroxylation is 2. The van der Waals surface area contributed by atoms with Crippen molar-refractivity contribution in [3.05, 3.63) is 40.0 Å². The third-order valence-electron chi connectivity index (χ3n) is 6.74. The van der Waals surface area contributed by atoms with Gasteiger partial charge in [0.15, 0.2) is 5.13 Å².